The van der Waals surface area contributed by atoms with Crippen LogP contribution in [0, 0.1) is 5.41 Å². The van der Waals surface area contributed by atoms with E-state index in [-0.39, 0.29) is 5.97 Å². The second-order valence-corrected chi connectivity index (χ2v) is 6.11. The van der Waals surface area contributed by atoms with Gasteiger partial charge in [-0.3, -0.25) is 4.79 Å². The first kappa shape index (κ1) is 17.7. The number of esters is 1. The molecule has 0 aliphatic heterocycles. The third-order valence-corrected chi connectivity index (χ3v) is 2.53. The summed E-state index contributed by atoms with van der Waals surface area (Å²) in [5.74, 6) is -0.165. The van der Waals surface area contributed by atoms with E-state index in [9.17, 15) is 4.79 Å². The Bertz CT molecular complexity index is 361. The lowest BCUT2D eigenvalue weighted by Crippen LogP contribution is -2.22. The third-order valence-electron chi connectivity index (χ3n) is 2.53. The number of hydrogen-bond acceptors (Lipinski definition) is 2. The highest BCUT2D eigenvalue weighted by Gasteiger charge is 2.22. The van der Waals surface area contributed by atoms with Crippen LogP contribution in [0.5, 0.6) is 0 Å². The summed E-state index contributed by atoms with van der Waals surface area (Å²) in [5.41, 5.74) is 2.26. The molecule has 0 saturated heterocycles. The minimum atomic E-state index is -0.427. The Kier molecular flexibility index (Phi) is 8.13. The molecule has 0 amide bonds. The van der Waals surface area contributed by atoms with Crippen LogP contribution in [-0.4, -0.2) is 12.6 Å². The molecule has 0 heterocycles. The molecule has 19 heavy (non-hydrogen) atoms. The first-order valence-corrected chi connectivity index (χ1v) is 6.86. The van der Waals surface area contributed by atoms with Crippen molar-refractivity contribution in [2.75, 3.05) is 6.61 Å². The Morgan fingerprint density at radius 1 is 1.16 bits per heavy atom. The normalized spacial score (nSPS) is 12.6. The molecule has 0 aromatic rings. The summed E-state index contributed by atoms with van der Waals surface area (Å²) >= 11 is 0. The van der Waals surface area contributed by atoms with Crippen LogP contribution in [0.1, 0.15) is 54.4 Å². The summed E-state index contributed by atoms with van der Waals surface area (Å²) in [7, 11) is 0. The van der Waals surface area contributed by atoms with Crippen molar-refractivity contribution in [2.24, 2.45) is 5.41 Å². The smallest absolute Gasteiger partial charge is 0.311 e. The molecule has 0 bridgehead atoms. The zero-order chi connectivity index (χ0) is 14.9. The molecule has 0 N–H and O–H groups in total. The lowest BCUT2D eigenvalue weighted by Gasteiger charge is -2.15. The molecule has 0 radical (unpaired) electrons. The molecule has 0 aliphatic rings. The highest BCUT2D eigenvalue weighted by Crippen LogP contribution is 2.14. The Hall–Kier alpha value is -1.31. The predicted octanol–water partition coefficient (Wildman–Crippen LogP) is 4.82. The van der Waals surface area contributed by atoms with Gasteiger partial charge in [-0.1, -0.05) is 29.4 Å². The number of allylic oxidation sites excluding steroid dienone is 5. The van der Waals surface area contributed by atoms with Crippen molar-refractivity contribution in [1.29, 1.82) is 0 Å². The van der Waals surface area contributed by atoms with Gasteiger partial charge in [-0.2, -0.15) is 0 Å². The number of hydrogen-bond donors (Lipinski definition) is 0. The molecule has 0 aromatic heterocycles. The molecule has 0 fully saturated rings. The topological polar surface area (TPSA) is 26.3 Å². The molecule has 0 aromatic carbocycles. The fourth-order valence-corrected chi connectivity index (χ4v) is 1.30. The van der Waals surface area contributed by atoms with E-state index in [1.54, 1.807) is 0 Å². The second-order valence-electron chi connectivity index (χ2n) is 6.11. The Morgan fingerprint density at radius 3 is 2.32 bits per heavy atom. The van der Waals surface area contributed by atoms with Crippen LogP contribution >= 0.6 is 0 Å². The second kappa shape index (κ2) is 8.73. The van der Waals surface area contributed by atoms with Crippen LogP contribution in [0.25, 0.3) is 0 Å². The fourth-order valence-electron chi connectivity index (χ4n) is 1.30. The first-order valence-electron chi connectivity index (χ1n) is 6.86. The maximum Gasteiger partial charge on any atom is 0.311 e. The van der Waals surface area contributed by atoms with Crippen LogP contribution in [0.2, 0.25) is 0 Å². The van der Waals surface area contributed by atoms with Crippen LogP contribution in [0.3, 0.4) is 0 Å². The van der Waals surface area contributed by atoms with Gasteiger partial charge in [-0.25, -0.2) is 0 Å². The molecule has 0 spiro atoms. The number of carbonyl (C=O) groups excluding carboxylic acids is 1. The lowest BCUT2D eigenvalue weighted by atomic mass is 9.97. The minimum absolute atomic E-state index is 0.165. The maximum atomic E-state index is 11.5. The standard InChI is InChI=1S/C17H28O2/c1-14(2)10-9-12-15(3)11-7-8-13-19-16(18)17(4,5)6/h7-8,10-11H,9,12-13H2,1-6H3/b8-7-,15-11-. The van der Waals surface area contributed by atoms with E-state index in [2.05, 4.69) is 32.9 Å². The van der Waals surface area contributed by atoms with Crippen molar-refractivity contribution < 1.29 is 9.53 Å². The van der Waals surface area contributed by atoms with E-state index in [0.717, 1.165) is 12.8 Å². The van der Waals surface area contributed by atoms with E-state index in [4.69, 9.17) is 4.74 Å². The van der Waals surface area contributed by atoms with Gasteiger partial charge in [0.2, 0.25) is 0 Å². The molecular formula is C17H28O2. The summed E-state index contributed by atoms with van der Waals surface area (Å²) < 4.78 is 5.14. The molecule has 2 nitrogen and oxygen atoms in total. The Morgan fingerprint density at radius 2 is 1.79 bits per heavy atom. The van der Waals surface area contributed by atoms with Gasteiger partial charge in [0.15, 0.2) is 0 Å². The van der Waals surface area contributed by atoms with E-state index in [1.165, 1.54) is 11.1 Å². The van der Waals surface area contributed by atoms with E-state index < -0.39 is 5.41 Å². The van der Waals surface area contributed by atoms with Gasteiger partial charge in [-0.15, -0.1) is 0 Å². The fraction of sp³-hybridized carbons (Fsp3) is 0.588. The molecular weight excluding hydrogens is 236 g/mol. The van der Waals surface area contributed by atoms with Gasteiger partial charge in [0, 0.05) is 0 Å². The molecule has 0 unspecified atom stereocenters. The van der Waals surface area contributed by atoms with Crippen LogP contribution in [-0.2, 0) is 9.53 Å². The van der Waals surface area contributed by atoms with Crippen molar-refractivity contribution in [3.63, 3.8) is 0 Å². The van der Waals surface area contributed by atoms with Crippen LogP contribution in [0.4, 0.5) is 0 Å². The Labute approximate surface area is 118 Å². The third kappa shape index (κ3) is 10.3. The highest BCUT2D eigenvalue weighted by atomic mass is 16.5. The van der Waals surface area contributed by atoms with Gasteiger partial charge in [0.1, 0.15) is 6.61 Å². The van der Waals surface area contributed by atoms with Crippen LogP contribution in [0.15, 0.2) is 35.5 Å². The average molecular weight is 264 g/mol. The van der Waals surface area contributed by atoms with Gasteiger partial charge in [0.25, 0.3) is 0 Å². The maximum absolute atomic E-state index is 11.5. The molecule has 0 rings (SSSR count). The van der Waals surface area contributed by atoms with Crippen molar-refractivity contribution in [2.45, 2.75) is 54.4 Å². The monoisotopic (exact) mass is 264 g/mol. The average Bonchev–Trinajstić information content (AvgIpc) is 2.26. The largest absolute Gasteiger partial charge is 0.461 e. The van der Waals surface area contributed by atoms with Crippen molar-refractivity contribution in [3.05, 3.63) is 35.5 Å². The van der Waals surface area contributed by atoms with Gasteiger partial charge >= 0.3 is 5.97 Å². The summed E-state index contributed by atoms with van der Waals surface area (Å²) in [6, 6.07) is 0. The number of rotatable bonds is 6. The SMILES string of the molecule is CC(C)=CCC/C(C)=C\C=C/COC(=O)C(C)(C)C. The van der Waals surface area contributed by atoms with E-state index >= 15 is 0 Å². The summed E-state index contributed by atoms with van der Waals surface area (Å²) in [4.78, 5) is 11.5. The van der Waals surface area contributed by atoms with Gasteiger partial charge < -0.3 is 4.74 Å². The number of ether oxygens (including phenoxy) is 1. The molecule has 108 valence electrons. The van der Waals surface area contributed by atoms with E-state index in [1.807, 2.05) is 32.9 Å². The number of carbonyl (C=O) groups is 1. The van der Waals surface area contributed by atoms with Crippen molar-refractivity contribution in [1.82, 2.24) is 0 Å². The van der Waals surface area contributed by atoms with Gasteiger partial charge in [0.05, 0.1) is 5.41 Å². The quantitative estimate of drug-likeness (QED) is 0.390. The van der Waals surface area contributed by atoms with E-state index in [0.29, 0.717) is 6.61 Å². The van der Waals surface area contributed by atoms with Gasteiger partial charge in [-0.05, 0) is 60.5 Å². The molecule has 0 saturated carbocycles. The molecule has 0 aliphatic carbocycles. The van der Waals surface area contributed by atoms with Crippen LogP contribution < -0.4 is 0 Å². The predicted molar refractivity (Wildman–Crippen MR) is 82.0 cm³/mol. The van der Waals surface area contributed by atoms with Crippen molar-refractivity contribution >= 4 is 5.97 Å². The summed E-state index contributed by atoms with van der Waals surface area (Å²) in [5, 5.41) is 0. The Balaban J connectivity index is 3.95. The zero-order valence-electron chi connectivity index (χ0n) is 13.2. The zero-order valence-corrected chi connectivity index (χ0v) is 13.2. The lowest BCUT2D eigenvalue weighted by molar-refractivity contribution is -0.151. The molecule has 0 atom stereocenters. The minimum Gasteiger partial charge on any atom is -0.461 e. The highest BCUT2D eigenvalue weighted by molar-refractivity contribution is 5.75. The summed E-state index contributed by atoms with van der Waals surface area (Å²) in [6.07, 6.45) is 10.3. The molecule has 2 heteroatoms. The first-order chi connectivity index (χ1) is 8.73. The van der Waals surface area contributed by atoms with Crippen molar-refractivity contribution in [3.8, 4) is 0 Å². The summed E-state index contributed by atoms with van der Waals surface area (Å²) in [6.45, 7) is 12.2.